The normalized spacial score (nSPS) is 19.1. The summed E-state index contributed by atoms with van der Waals surface area (Å²) in [5, 5.41) is 4.72. The van der Waals surface area contributed by atoms with Crippen LogP contribution in [-0.4, -0.2) is 16.4 Å². The number of benzene rings is 2. The van der Waals surface area contributed by atoms with Crippen LogP contribution in [0.2, 0.25) is 0 Å². The van der Waals surface area contributed by atoms with Gasteiger partial charge in [-0.25, -0.2) is 0 Å². The Labute approximate surface area is 121 Å². The van der Waals surface area contributed by atoms with Crippen LogP contribution in [0, 0.1) is 0 Å². The standard InChI is InChI=1S/C17H14N2O2/c20-16-10-9-15(17(21)18-16)19-13-7-3-1-5-11(13)12-6-2-4-8-14(12)19/h1-8,15H,9-10H2,(H,18,20,21)/t15-/m0/s1. The number of aromatic nitrogens is 1. The van der Waals surface area contributed by atoms with E-state index in [4.69, 9.17) is 0 Å². The molecule has 1 N–H and O–H groups in total. The highest BCUT2D eigenvalue weighted by Gasteiger charge is 2.30. The van der Waals surface area contributed by atoms with Crippen LogP contribution in [0.15, 0.2) is 48.5 Å². The number of piperidine rings is 1. The van der Waals surface area contributed by atoms with Crippen molar-refractivity contribution in [3.63, 3.8) is 0 Å². The van der Waals surface area contributed by atoms with Crippen molar-refractivity contribution in [2.75, 3.05) is 0 Å². The van der Waals surface area contributed by atoms with Crippen molar-refractivity contribution in [2.45, 2.75) is 18.9 Å². The smallest absolute Gasteiger partial charge is 0.249 e. The Balaban J connectivity index is 2.02. The van der Waals surface area contributed by atoms with E-state index in [1.807, 2.05) is 36.4 Å². The van der Waals surface area contributed by atoms with Gasteiger partial charge >= 0.3 is 0 Å². The summed E-state index contributed by atoms with van der Waals surface area (Å²) in [6.07, 6.45) is 0.935. The fraction of sp³-hybridized carbons (Fsp3) is 0.176. The zero-order chi connectivity index (χ0) is 14.4. The highest BCUT2D eigenvalue weighted by atomic mass is 16.2. The third-order valence-corrected chi connectivity index (χ3v) is 4.14. The van der Waals surface area contributed by atoms with Crippen LogP contribution in [-0.2, 0) is 9.59 Å². The lowest BCUT2D eigenvalue weighted by atomic mass is 10.1. The van der Waals surface area contributed by atoms with Crippen molar-refractivity contribution in [1.82, 2.24) is 9.88 Å². The Bertz CT molecular complexity index is 826. The van der Waals surface area contributed by atoms with Crippen molar-refractivity contribution in [3.8, 4) is 0 Å². The van der Waals surface area contributed by atoms with E-state index >= 15 is 0 Å². The van der Waals surface area contributed by atoms with Gasteiger partial charge in [0.1, 0.15) is 6.04 Å². The Morgan fingerprint density at radius 1 is 0.905 bits per heavy atom. The molecule has 1 atom stereocenters. The Morgan fingerprint density at radius 2 is 1.48 bits per heavy atom. The number of nitrogens with one attached hydrogen (secondary N) is 1. The Morgan fingerprint density at radius 3 is 2.05 bits per heavy atom. The number of carbonyl (C=O) groups is 2. The first-order valence-electron chi connectivity index (χ1n) is 7.07. The van der Waals surface area contributed by atoms with E-state index < -0.39 is 0 Å². The van der Waals surface area contributed by atoms with Crippen LogP contribution < -0.4 is 5.32 Å². The van der Waals surface area contributed by atoms with Gasteiger partial charge < -0.3 is 4.57 Å². The first kappa shape index (κ1) is 12.1. The van der Waals surface area contributed by atoms with Gasteiger partial charge in [0.05, 0.1) is 0 Å². The molecule has 0 unspecified atom stereocenters. The number of nitrogens with zero attached hydrogens (tertiary/aromatic N) is 1. The second kappa shape index (κ2) is 4.45. The monoisotopic (exact) mass is 278 g/mol. The van der Waals surface area contributed by atoms with Gasteiger partial charge in [0.15, 0.2) is 0 Å². The third-order valence-electron chi connectivity index (χ3n) is 4.14. The van der Waals surface area contributed by atoms with Crippen LogP contribution in [0.1, 0.15) is 18.9 Å². The maximum atomic E-state index is 12.2. The first-order chi connectivity index (χ1) is 10.3. The van der Waals surface area contributed by atoms with E-state index in [1.165, 1.54) is 0 Å². The van der Waals surface area contributed by atoms with Crippen LogP contribution in [0.25, 0.3) is 21.8 Å². The van der Waals surface area contributed by atoms with E-state index in [0.29, 0.717) is 12.8 Å². The molecule has 2 heterocycles. The zero-order valence-electron chi connectivity index (χ0n) is 11.4. The zero-order valence-corrected chi connectivity index (χ0v) is 11.4. The van der Waals surface area contributed by atoms with Gasteiger partial charge in [-0.2, -0.15) is 0 Å². The van der Waals surface area contributed by atoms with Crippen molar-refractivity contribution in [2.24, 2.45) is 0 Å². The second-order valence-electron chi connectivity index (χ2n) is 5.37. The number of hydrogen-bond acceptors (Lipinski definition) is 2. The minimum atomic E-state index is -0.326. The summed E-state index contributed by atoms with van der Waals surface area (Å²) in [7, 11) is 0. The van der Waals surface area contributed by atoms with E-state index in [2.05, 4.69) is 22.0 Å². The lowest BCUT2D eigenvalue weighted by Gasteiger charge is -2.24. The van der Waals surface area contributed by atoms with Gasteiger partial charge in [-0.1, -0.05) is 36.4 Å². The molecule has 0 saturated carbocycles. The molecule has 4 rings (SSSR count). The van der Waals surface area contributed by atoms with Gasteiger partial charge in [-0.3, -0.25) is 14.9 Å². The number of para-hydroxylation sites is 2. The largest absolute Gasteiger partial charge is 0.328 e. The molecule has 1 aliphatic heterocycles. The predicted molar refractivity (Wildman–Crippen MR) is 80.9 cm³/mol. The van der Waals surface area contributed by atoms with Crippen LogP contribution in [0.4, 0.5) is 0 Å². The molecule has 1 aliphatic rings. The van der Waals surface area contributed by atoms with Crippen molar-refractivity contribution in [1.29, 1.82) is 0 Å². The summed E-state index contributed by atoms with van der Waals surface area (Å²) in [5.41, 5.74) is 2.07. The van der Waals surface area contributed by atoms with Crippen LogP contribution in [0.5, 0.6) is 0 Å². The summed E-state index contributed by atoms with van der Waals surface area (Å²) in [6, 6.07) is 15.8. The van der Waals surface area contributed by atoms with Crippen LogP contribution >= 0.6 is 0 Å². The summed E-state index contributed by atoms with van der Waals surface area (Å²) < 4.78 is 2.06. The predicted octanol–water partition coefficient (Wildman–Crippen LogP) is 2.77. The quantitative estimate of drug-likeness (QED) is 0.696. The number of amides is 2. The molecule has 4 nitrogen and oxygen atoms in total. The molecule has 4 heteroatoms. The molecule has 0 aliphatic carbocycles. The lowest BCUT2D eigenvalue weighted by Crippen LogP contribution is -2.41. The van der Waals surface area contributed by atoms with Gasteiger partial charge in [0, 0.05) is 28.2 Å². The average Bonchev–Trinajstić information content (AvgIpc) is 2.82. The number of carbonyl (C=O) groups excluding carboxylic acids is 2. The van der Waals surface area contributed by atoms with Crippen LogP contribution in [0.3, 0.4) is 0 Å². The molecular weight excluding hydrogens is 264 g/mol. The molecule has 1 saturated heterocycles. The maximum Gasteiger partial charge on any atom is 0.249 e. The fourth-order valence-corrected chi connectivity index (χ4v) is 3.22. The highest BCUT2D eigenvalue weighted by Crippen LogP contribution is 2.33. The van der Waals surface area contributed by atoms with E-state index in [0.717, 1.165) is 21.8 Å². The average molecular weight is 278 g/mol. The highest BCUT2D eigenvalue weighted by molar-refractivity contribution is 6.10. The number of rotatable bonds is 1. The van der Waals surface area contributed by atoms with E-state index in [9.17, 15) is 9.59 Å². The van der Waals surface area contributed by atoms with Crippen molar-refractivity contribution in [3.05, 3.63) is 48.5 Å². The fourth-order valence-electron chi connectivity index (χ4n) is 3.22. The Kier molecular flexibility index (Phi) is 2.57. The molecule has 104 valence electrons. The maximum absolute atomic E-state index is 12.2. The summed E-state index contributed by atoms with van der Waals surface area (Å²) in [6.45, 7) is 0. The number of hydrogen-bond donors (Lipinski definition) is 1. The molecule has 3 aromatic rings. The molecule has 2 amide bonds. The minimum Gasteiger partial charge on any atom is -0.328 e. The van der Waals surface area contributed by atoms with Gasteiger partial charge in [0.2, 0.25) is 11.8 Å². The summed E-state index contributed by atoms with van der Waals surface area (Å²) >= 11 is 0. The molecule has 0 bridgehead atoms. The second-order valence-corrected chi connectivity index (χ2v) is 5.37. The molecule has 1 fully saturated rings. The lowest BCUT2D eigenvalue weighted by molar-refractivity contribution is -0.135. The summed E-state index contributed by atoms with van der Waals surface area (Å²) in [4.78, 5) is 23.6. The topological polar surface area (TPSA) is 51.1 Å². The minimum absolute atomic E-state index is 0.183. The van der Waals surface area contributed by atoms with E-state index in [-0.39, 0.29) is 17.9 Å². The molecule has 0 radical (unpaired) electrons. The SMILES string of the molecule is O=C1CC[C@H](n2c3ccccc3c3ccccc32)C(=O)N1. The third kappa shape index (κ3) is 1.76. The van der Waals surface area contributed by atoms with Gasteiger partial charge in [0.25, 0.3) is 0 Å². The van der Waals surface area contributed by atoms with E-state index in [1.54, 1.807) is 0 Å². The van der Waals surface area contributed by atoms with Gasteiger partial charge in [-0.05, 0) is 18.6 Å². The first-order valence-corrected chi connectivity index (χ1v) is 7.07. The van der Waals surface area contributed by atoms with Crippen molar-refractivity contribution >= 4 is 33.6 Å². The molecule has 2 aromatic carbocycles. The number of fused-ring (bicyclic) bond motifs is 3. The molecule has 21 heavy (non-hydrogen) atoms. The molecule has 0 spiro atoms. The van der Waals surface area contributed by atoms with Gasteiger partial charge in [-0.15, -0.1) is 0 Å². The molecular formula is C17H14N2O2. The Hall–Kier alpha value is -2.62. The summed E-state index contributed by atoms with van der Waals surface area (Å²) in [5.74, 6) is -0.394. The van der Waals surface area contributed by atoms with Crippen molar-refractivity contribution < 1.29 is 9.59 Å². The molecule has 1 aromatic heterocycles. The number of imide groups is 1.